The fourth-order valence-corrected chi connectivity index (χ4v) is 0.305. The SMILES string of the molecule is C=C(CC)OCCN. The van der Waals surface area contributed by atoms with Crippen LogP contribution in [0.4, 0.5) is 0 Å². The Labute approximate surface area is 50.3 Å². The molecule has 0 atom stereocenters. The van der Waals surface area contributed by atoms with Gasteiger partial charge in [-0.25, -0.2) is 0 Å². The molecule has 0 aliphatic rings. The van der Waals surface area contributed by atoms with Crippen molar-refractivity contribution in [1.29, 1.82) is 0 Å². The summed E-state index contributed by atoms with van der Waals surface area (Å²) in [5, 5.41) is 0. The van der Waals surface area contributed by atoms with Crippen molar-refractivity contribution in [1.82, 2.24) is 0 Å². The molecule has 0 aromatic heterocycles. The van der Waals surface area contributed by atoms with Gasteiger partial charge < -0.3 is 10.5 Å². The largest absolute Gasteiger partial charge is 0.497 e. The Kier molecular flexibility index (Phi) is 4.36. The minimum Gasteiger partial charge on any atom is -0.497 e. The van der Waals surface area contributed by atoms with Crippen molar-refractivity contribution >= 4 is 0 Å². The van der Waals surface area contributed by atoms with Gasteiger partial charge in [-0.05, 0) is 0 Å². The molecule has 0 saturated carbocycles. The van der Waals surface area contributed by atoms with Gasteiger partial charge in [-0.2, -0.15) is 0 Å². The van der Waals surface area contributed by atoms with E-state index >= 15 is 0 Å². The van der Waals surface area contributed by atoms with Crippen LogP contribution in [0.5, 0.6) is 0 Å². The Balaban J connectivity index is 2.99. The number of nitrogens with two attached hydrogens (primary N) is 1. The van der Waals surface area contributed by atoms with Crippen LogP contribution in [-0.2, 0) is 4.74 Å². The number of ether oxygens (including phenoxy) is 1. The molecule has 0 aliphatic carbocycles. The molecule has 0 heterocycles. The fourth-order valence-electron chi connectivity index (χ4n) is 0.305. The summed E-state index contributed by atoms with van der Waals surface area (Å²) in [6.45, 7) is 6.79. The van der Waals surface area contributed by atoms with Gasteiger partial charge in [0.15, 0.2) is 0 Å². The quantitative estimate of drug-likeness (QED) is 0.552. The van der Waals surface area contributed by atoms with Crippen molar-refractivity contribution in [3.8, 4) is 0 Å². The zero-order valence-corrected chi connectivity index (χ0v) is 5.31. The van der Waals surface area contributed by atoms with E-state index in [4.69, 9.17) is 10.5 Å². The van der Waals surface area contributed by atoms with E-state index in [2.05, 4.69) is 6.58 Å². The Morgan fingerprint density at radius 2 is 2.38 bits per heavy atom. The van der Waals surface area contributed by atoms with E-state index in [9.17, 15) is 0 Å². The van der Waals surface area contributed by atoms with Gasteiger partial charge >= 0.3 is 0 Å². The van der Waals surface area contributed by atoms with Crippen LogP contribution < -0.4 is 5.73 Å². The average molecular weight is 115 g/mol. The van der Waals surface area contributed by atoms with Crippen molar-refractivity contribution in [2.45, 2.75) is 13.3 Å². The lowest BCUT2D eigenvalue weighted by molar-refractivity contribution is 0.215. The minimum absolute atomic E-state index is 0.568. The second kappa shape index (κ2) is 4.65. The third kappa shape index (κ3) is 3.68. The van der Waals surface area contributed by atoms with Crippen LogP contribution in [0.15, 0.2) is 12.3 Å². The minimum atomic E-state index is 0.568. The van der Waals surface area contributed by atoms with Crippen molar-refractivity contribution in [2.75, 3.05) is 13.2 Å². The van der Waals surface area contributed by atoms with Gasteiger partial charge in [-0.3, -0.25) is 0 Å². The summed E-state index contributed by atoms with van der Waals surface area (Å²) >= 11 is 0. The molecular formula is C6H13NO. The molecule has 0 aromatic rings. The third-order valence-corrected chi connectivity index (χ3v) is 0.818. The second-order valence-electron chi connectivity index (χ2n) is 1.53. The zero-order chi connectivity index (χ0) is 6.41. The highest BCUT2D eigenvalue weighted by Crippen LogP contribution is 1.95. The molecule has 48 valence electrons. The van der Waals surface area contributed by atoms with Gasteiger partial charge in [-0.15, -0.1) is 0 Å². The van der Waals surface area contributed by atoms with Crippen LogP contribution in [0.3, 0.4) is 0 Å². The maximum absolute atomic E-state index is 5.17. The molecular weight excluding hydrogens is 102 g/mol. The van der Waals surface area contributed by atoms with Crippen LogP contribution in [0.25, 0.3) is 0 Å². The van der Waals surface area contributed by atoms with Gasteiger partial charge in [0.05, 0.1) is 12.4 Å². The lowest BCUT2D eigenvalue weighted by Gasteiger charge is -2.02. The van der Waals surface area contributed by atoms with Gasteiger partial charge in [0.25, 0.3) is 0 Å². The highest BCUT2D eigenvalue weighted by Gasteiger charge is 1.85. The number of hydrogen-bond donors (Lipinski definition) is 1. The Morgan fingerprint density at radius 3 is 2.75 bits per heavy atom. The lowest BCUT2D eigenvalue weighted by Crippen LogP contribution is -2.07. The second-order valence-corrected chi connectivity index (χ2v) is 1.53. The molecule has 0 saturated heterocycles. The van der Waals surface area contributed by atoms with Gasteiger partial charge in [0.1, 0.15) is 0 Å². The lowest BCUT2D eigenvalue weighted by atomic mass is 10.4. The van der Waals surface area contributed by atoms with E-state index in [-0.39, 0.29) is 0 Å². The molecule has 0 amide bonds. The normalized spacial score (nSPS) is 8.75. The Morgan fingerprint density at radius 1 is 1.75 bits per heavy atom. The molecule has 8 heavy (non-hydrogen) atoms. The van der Waals surface area contributed by atoms with Gasteiger partial charge in [-0.1, -0.05) is 13.5 Å². The standard InChI is InChI=1S/C6H13NO/c1-3-6(2)8-5-4-7/h2-5,7H2,1H3. The first-order valence-electron chi connectivity index (χ1n) is 2.82. The maximum Gasteiger partial charge on any atom is 0.0999 e. The van der Waals surface area contributed by atoms with Crippen LogP contribution >= 0.6 is 0 Å². The number of hydrogen-bond acceptors (Lipinski definition) is 2. The summed E-state index contributed by atoms with van der Waals surface area (Å²) in [7, 11) is 0. The summed E-state index contributed by atoms with van der Waals surface area (Å²) in [5.41, 5.74) is 5.17. The fraction of sp³-hybridized carbons (Fsp3) is 0.667. The first-order valence-corrected chi connectivity index (χ1v) is 2.82. The molecule has 2 heteroatoms. The third-order valence-electron chi connectivity index (χ3n) is 0.818. The van der Waals surface area contributed by atoms with Crippen LogP contribution in [0, 0.1) is 0 Å². The summed E-state index contributed by atoms with van der Waals surface area (Å²) in [6, 6.07) is 0. The highest BCUT2D eigenvalue weighted by atomic mass is 16.5. The summed E-state index contributed by atoms with van der Waals surface area (Å²) in [5.74, 6) is 0.815. The predicted octanol–water partition coefficient (Wildman–Crippen LogP) is 0.885. The van der Waals surface area contributed by atoms with E-state index in [0.29, 0.717) is 13.2 Å². The monoisotopic (exact) mass is 115 g/mol. The van der Waals surface area contributed by atoms with Crippen molar-refractivity contribution in [3.63, 3.8) is 0 Å². The number of rotatable bonds is 4. The zero-order valence-electron chi connectivity index (χ0n) is 5.31. The number of allylic oxidation sites excluding steroid dienone is 1. The first kappa shape index (κ1) is 7.50. The molecule has 2 N–H and O–H groups in total. The van der Waals surface area contributed by atoms with Crippen molar-refractivity contribution < 1.29 is 4.74 Å². The first-order chi connectivity index (χ1) is 3.81. The average Bonchev–Trinajstić information content (AvgIpc) is 1.83. The van der Waals surface area contributed by atoms with E-state index in [1.54, 1.807) is 0 Å². The van der Waals surface area contributed by atoms with Crippen molar-refractivity contribution in [2.24, 2.45) is 5.73 Å². The predicted molar refractivity (Wildman–Crippen MR) is 34.4 cm³/mol. The summed E-state index contributed by atoms with van der Waals surface area (Å²) < 4.78 is 5.02. The molecule has 0 fully saturated rings. The van der Waals surface area contributed by atoms with Gasteiger partial charge in [0, 0.05) is 13.0 Å². The Bertz CT molecular complexity index is 70.9. The van der Waals surface area contributed by atoms with Crippen LogP contribution in [0.1, 0.15) is 13.3 Å². The molecule has 0 radical (unpaired) electrons. The molecule has 0 bridgehead atoms. The molecule has 0 aromatic carbocycles. The van der Waals surface area contributed by atoms with Crippen LogP contribution in [0.2, 0.25) is 0 Å². The van der Waals surface area contributed by atoms with E-state index in [1.807, 2.05) is 6.92 Å². The van der Waals surface area contributed by atoms with Gasteiger partial charge in [0.2, 0.25) is 0 Å². The maximum atomic E-state index is 5.17. The molecule has 0 rings (SSSR count). The van der Waals surface area contributed by atoms with Crippen molar-refractivity contribution in [3.05, 3.63) is 12.3 Å². The molecule has 0 spiro atoms. The molecule has 2 nitrogen and oxygen atoms in total. The smallest absolute Gasteiger partial charge is 0.0999 e. The summed E-state index contributed by atoms with van der Waals surface area (Å²) in [4.78, 5) is 0. The van der Waals surface area contributed by atoms with E-state index in [0.717, 1.165) is 12.2 Å². The molecule has 0 aliphatic heterocycles. The highest BCUT2D eigenvalue weighted by molar-refractivity contribution is 4.79. The molecule has 0 unspecified atom stereocenters. The topological polar surface area (TPSA) is 35.2 Å². The summed E-state index contributed by atoms with van der Waals surface area (Å²) in [6.07, 6.45) is 0.875. The Hall–Kier alpha value is -0.500. The van der Waals surface area contributed by atoms with E-state index < -0.39 is 0 Å². The van der Waals surface area contributed by atoms with Crippen LogP contribution in [-0.4, -0.2) is 13.2 Å². The van der Waals surface area contributed by atoms with E-state index in [1.165, 1.54) is 0 Å².